The smallest absolute Gasteiger partial charge is 0.267 e. The SMILES string of the molecule is CCCc1c(-c2ccccc2)c(=O)[nH]n1-c1ccccc1. The highest BCUT2D eigenvalue weighted by atomic mass is 16.1. The molecule has 1 N–H and O–H groups in total. The second-order valence-electron chi connectivity index (χ2n) is 5.05. The van der Waals surface area contributed by atoms with E-state index in [4.69, 9.17) is 0 Å². The number of aromatic amines is 1. The summed E-state index contributed by atoms with van der Waals surface area (Å²) >= 11 is 0. The highest BCUT2D eigenvalue weighted by Gasteiger charge is 2.16. The lowest BCUT2D eigenvalue weighted by Gasteiger charge is -2.09. The molecule has 1 aromatic heterocycles. The Morgan fingerprint density at radius 3 is 2.19 bits per heavy atom. The van der Waals surface area contributed by atoms with E-state index in [0.29, 0.717) is 0 Å². The maximum atomic E-state index is 12.4. The molecule has 21 heavy (non-hydrogen) atoms. The first-order valence-corrected chi connectivity index (χ1v) is 7.26. The van der Waals surface area contributed by atoms with Gasteiger partial charge in [0.2, 0.25) is 0 Å². The molecule has 3 nitrogen and oxygen atoms in total. The maximum Gasteiger partial charge on any atom is 0.272 e. The molecular weight excluding hydrogens is 260 g/mol. The van der Waals surface area contributed by atoms with Gasteiger partial charge in [-0.25, -0.2) is 0 Å². The Kier molecular flexibility index (Phi) is 3.73. The van der Waals surface area contributed by atoms with Gasteiger partial charge in [0.25, 0.3) is 5.56 Å². The van der Waals surface area contributed by atoms with Gasteiger partial charge in [-0.3, -0.25) is 14.6 Å². The molecule has 0 amide bonds. The molecule has 3 aromatic rings. The second kappa shape index (κ2) is 5.83. The topological polar surface area (TPSA) is 37.8 Å². The molecule has 0 saturated heterocycles. The van der Waals surface area contributed by atoms with Gasteiger partial charge in [0.05, 0.1) is 16.9 Å². The number of H-pyrrole nitrogens is 1. The van der Waals surface area contributed by atoms with Gasteiger partial charge in [0, 0.05) is 0 Å². The standard InChI is InChI=1S/C18H18N2O/c1-2-9-16-17(14-10-5-3-6-11-14)18(21)19-20(16)15-12-7-4-8-13-15/h3-8,10-13H,2,9H2,1H3,(H,19,21). The fourth-order valence-electron chi connectivity index (χ4n) is 2.64. The lowest BCUT2D eigenvalue weighted by Crippen LogP contribution is -2.05. The van der Waals surface area contributed by atoms with Crippen LogP contribution in [0.25, 0.3) is 16.8 Å². The van der Waals surface area contributed by atoms with Gasteiger partial charge < -0.3 is 0 Å². The molecule has 0 saturated carbocycles. The average Bonchev–Trinajstić information content (AvgIpc) is 2.86. The number of aromatic nitrogens is 2. The quantitative estimate of drug-likeness (QED) is 0.774. The van der Waals surface area contributed by atoms with Gasteiger partial charge in [-0.2, -0.15) is 0 Å². The van der Waals surface area contributed by atoms with E-state index in [1.54, 1.807) is 0 Å². The zero-order valence-corrected chi connectivity index (χ0v) is 12.0. The zero-order chi connectivity index (χ0) is 14.7. The molecule has 0 aliphatic rings. The Hall–Kier alpha value is -2.55. The first kappa shape index (κ1) is 13.4. The lowest BCUT2D eigenvalue weighted by atomic mass is 10.0. The minimum absolute atomic E-state index is 0.0338. The largest absolute Gasteiger partial charge is 0.272 e. The summed E-state index contributed by atoms with van der Waals surface area (Å²) < 4.78 is 1.91. The van der Waals surface area contributed by atoms with Crippen LogP contribution < -0.4 is 5.56 Å². The van der Waals surface area contributed by atoms with E-state index in [9.17, 15) is 4.79 Å². The van der Waals surface area contributed by atoms with Crippen LogP contribution in [0.3, 0.4) is 0 Å². The van der Waals surface area contributed by atoms with Crippen LogP contribution in [-0.2, 0) is 6.42 Å². The van der Waals surface area contributed by atoms with E-state index in [1.165, 1.54) is 0 Å². The van der Waals surface area contributed by atoms with E-state index in [-0.39, 0.29) is 5.56 Å². The molecule has 2 aromatic carbocycles. The minimum Gasteiger partial charge on any atom is -0.267 e. The second-order valence-corrected chi connectivity index (χ2v) is 5.05. The van der Waals surface area contributed by atoms with Gasteiger partial charge in [0.1, 0.15) is 0 Å². The van der Waals surface area contributed by atoms with Crippen molar-refractivity contribution in [2.45, 2.75) is 19.8 Å². The molecule has 0 atom stereocenters. The number of nitrogens with zero attached hydrogens (tertiary/aromatic N) is 1. The van der Waals surface area contributed by atoms with Crippen LogP contribution in [0.2, 0.25) is 0 Å². The Bertz CT molecular complexity index is 770. The molecule has 0 unspecified atom stereocenters. The van der Waals surface area contributed by atoms with Crippen molar-refractivity contribution in [3.8, 4) is 16.8 Å². The van der Waals surface area contributed by atoms with Crippen LogP contribution in [0.15, 0.2) is 65.5 Å². The summed E-state index contributed by atoms with van der Waals surface area (Å²) in [6, 6.07) is 19.8. The van der Waals surface area contributed by atoms with Crippen LogP contribution in [0.4, 0.5) is 0 Å². The summed E-state index contributed by atoms with van der Waals surface area (Å²) in [5.74, 6) is 0. The number of para-hydroxylation sites is 1. The highest BCUT2D eigenvalue weighted by molar-refractivity contribution is 5.66. The minimum atomic E-state index is -0.0338. The molecule has 1 heterocycles. The third-order valence-electron chi connectivity index (χ3n) is 3.56. The van der Waals surface area contributed by atoms with E-state index in [2.05, 4.69) is 12.0 Å². The number of hydrogen-bond acceptors (Lipinski definition) is 1. The van der Waals surface area contributed by atoms with Crippen LogP contribution >= 0.6 is 0 Å². The number of rotatable bonds is 4. The number of benzene rings is 2. The molecule has 106 valence electrons. The van der Waals surface area contributed by atoms with Gasteiger partial charge in [-0.15, -0.1) is 0 Å². The van der Waals surface area contributed by atoms with Crippen molar-refractivity contribution in [2.75, 3.05) is 0 Å². The first-order valence-electron chi connectivity index (χ1n) is 7.26. The Balaban J connectivity index is 2.22. The molecule has 3 heteroatoms. The van der Waals surface area contributed by atoms with Crippen molar-refractivity contribution in [1.82, 2.24) is 9.78 Å². The Morgan fingerprint density at radius 2 is 1.57 bits per heavy atom. The van der Waals surface area contributed by atoms with E-state index in [0.717, 1.165) is 35.3 Å². The average molecular weight is 278 g/mol. The van der Waals surface area contributed by atoms with Crippen LogP contribution in [-0.4, -0.2) is 9.78 Å². The summed E-state index contributed by atoms with van der Waals surface area (Å²) in [7, 11) is 0. The summed E-state index contributed by atoms with van der Waals surface area (Å²) in [6.45, 7) is 2.13. The molecule has 3 rings (SSSR count). The monoisotopic (exact) mass is 278 g/mol. The molecule has 0 radical (unpaired) electrons. The Labute approximate surface area is 123 Å². The van der Waals surface area contributed by atoms with Gasteiger partial charge >= 0.3 is 0 Å². The molecule has 0 fully saturated rings. The van der Waals surface area contributed by atoms with Gasteiger partial charge in [-0.1, -0.05) is 61.9 Å². The highest BCUT2D eigenvalue weighted by Crippen LogP contribution is 2.23. The van der Waals surface area contributed by atoms with Crippen molar-refractivity contribution in [2.24, 2.45) is 0 Å². The summed E-state index contributed by atoms with van der Waals surface area (Å²) in [4.78, 5) is 12.4. The molecule has 0 bridgehead atoms. The van der Waals surface area contributed by atoms with Crippen LogP contribution in [0, 0.1) is 0 Å². The predicted octanol–water partition coefficient (Wildman–Crippen LogP) is 3.79. The van der Waals surface area contributed by atoms with Gasteiger partial charge in [0.15, 0.2) is 0 Å². The molecule has 0 spiro atoms. The Morgan fingerprint density at radius 1 is 0.952 bits per heavy atom. The third kappa shape index (κ3) is 2.55. The number of hydrogen-bond donors (Lipinski definition) is 1. The van der Waals surface area contributed by atoms with Crippen molar-refractivity contribution in [3.63, 3.8) is 0 Å². The summed E-state index contributed by atoms with van der Waals surface area (Å²) in [6.07, 6.45) is 1.85. The van der Waals surface area contributed by atoms with Crippen molar-refractivity contribution in [1.29, 1.82) is 0 Å². The van der Waals surface area contributed by atoms with E-state index < -0.39 is 0 Å². The fraction of sp³-hybridized carbons (Fsp3) is 0.167. The summed E-state index contributed by atoms with van der Waals surface area (Å²) in [5.41, 5.74) is 3.74. The predicted molar refractivity (Wildman–Crippen MR) is 85.8 cm³/mol. The number of nitrogens with one attached hydrogen (secondary N) is 1. The van der Waals surface area contributed by atoms with Crippen molar-refractivity contribution >= 4 is 0 Å². The maximum absolute atomic E-state index is 12.4. The molecule has 0 aliphatic heterocycles. The first-order chi connectivity index (χ1) is 10.3. The van der Waals surface area contributed by atoms with Crippen molar-refractivity contribution in [3.05, 3.63) is 76.7 Å². The zero-order valence-electron chi connectivity index (χ0n) is 12.0. The lowest BCUT2D eigenvalue weighted by molar-refractivity contribution is 0.770. The third-order valence-corrected chi connectivity index (χ3v) is 3.56. The molecule has 0 aliphatic carbocycles. The normalized spacial score (nSPS) is 10.7. The van der Waals surface area contributed by atoms with Crippen molar-refractivity contribution < 1.29 is 0 Å². The molecular formula is C18H18N2O. The summed E-state index contributed by atoms with van der Waals surface area (Å²) in [5, 5.41) is 2.97. The fourth-order valence-corrected chi connectivity index (χ4v) is 2.64. The van der Waals surface area contributed by atoms with E-state index >= 15 is 0 Å². The van der Waals surface area contributed by atoms with Crippen LogP contribution in [0.1, 0.15) is 19.0 Å². The van der Waals surface area contributed by atoms with E-state index in [1.807, 2.05) is 65.3 Å². The van der Waals surface area contributed by atoms with Crippen LogP contribution in [0.5, 0.6) is 0 Å². The van der Waals surface area contributed by atoms with Gasteiger partial charge in [-0.05, 0) is 24.1 Å².